The van der Waals surface area contributed by atoms with E-state index in [1.165, 1.54) is 116 Å². The third-order valence-electron chi connectivity index (χ3n) is 9.72. The number of ether oxygens (including phenoxy) is 2. The molecule has 324 valence electrons. The number of hydrogen-bond acceptors (Lipinski definition) is 8. The van der Waals surface area contributed by atoms with Crippen LogP contribution in [0.5, 0.6) is 0 Å². The molecule has 0 saturated heterocycles. The highest BCUT2D eigenvalue weighted by Gasteiger charge is 2.21. The summed E-state index contributed by atoms with van der Waals surface area (Å²) in [6, 6.07) is 0. The molecule has 0 heterocycles. The standard InChI is InChI=1S/C45H86NO8P/c1-6-8-10-12-14-16-18-20-22-23-24-26-27-29-31-33-35-37-44(47)51-41-43(42-53-55(49,50)52-40-39-46(3,4)5)54-45(48)38-36-34-32-30-28-25-21-19-17-15-13-11-9-7-2/h14,16,20,22,43H,6-13,15,17-19,21,23-42H2,1-5H3/b16-14-,22-20-/t43-/m1/s1. The molecular formula is C45H86NO8P. The highest BCUT2D eigenvalue weighted by atomic mass is 31.2. The van der Waals surface area contributed by atoms with Gasteiger partial charge in [0.2, 0.25) is 0 Å². The van der Waals surface area contributed by atoms with Crippen LogP contribution in [0.3, 0.4) is 0 Å². The maximum absolute atomic E-state index is 12.7. The van der Waals surface area contributed by atoms with Crippen LogP contribution in [0, 0.1) is 0 Å². The van der Waals surface area contributed by atoms with Gasteiger partial charge in [-0.3, -0.25) is 14.2 Å². The fourth-order valence-corrected chi connectivity index (χ4v) is 6.88. The third kappa shape index (κ3) is 41.9. The summed E-state index contributed by atoms with van der Waals surface area (Å²) in [5.74, 6) is -0.836. The van der Waals surface area contributed by atoms with Gasteiger partial charge in [-0.15, -0.1) is 0 Å². The van der Waals surface area contributed by atoms with Gasteiger partial charge in [-0.05, 0) is 44.9 Å². The minimum atomic E-state index is -4.62. The zero-order chi connectivity index (χ0) is 40.7. The monoisotopic (exact) mass is 800 g/mol. The van der Waals surface area contributed by atoms with Crippen LogP contribution in [0.25, 0.3) is 0 Å². The van der Waals surface area contributed by atoms with Crippen LogP contribution >= 0.6 is 7.82 Å². The van der Waals surface area contributed by atoms with E-state index < -0.39 is 26.5 Å². The van der Waals surface area contributed by atoms with Gasteiger partial charge in [-0.2, -0.15) is 0 Å². The van der Waals surface area contributed by atoms with Gasteiger partial charge in [0.15, 0.2) is 6.10 Å². The molecule has 0 aromatic heterocycles. The molecule has 9 nitrogen and oxygen atoms in total. The van der Waals surface area contributed by atoms with Crippen molar-refractivity contribution in [3.8, 4) is 0 Å². The van der Waals surface area contributed by atoms with E-state index in [0.717, 1.165) is 51.4 Å². The van der Waals surface area contributed by atoms with Gasteiger partial charge in [0.05, 0.1) is 27.7 Å². The normalized spacial score (nSPS) is 13.8. The molecule has 2 atom stereocenters. The number of allylic oxidation sites excluding steroid dienone is 4. The summed E-state index contributed by atoms with van der Waals surface area (Å²) >= 11 is 0. The quantitative estimate of drug-likeness (QED) is 0.0198. The molecule has 0 aromatic carbocycles. The van der Waals surface area contributed by atoms with Crippen LogP contribution in [0.4, 0.5) is 0 Å². The smallest absolute Gasteiger partial charge is 0.306 e. The number of unbranched alkanes of at least 4 members (excludes halogenated alkanes) is 23. The Morgan fingerprint density at radius 2 is 0.982 bits per heavy atom. The zero-order valence-electron chi connectivity index (χ0n) is 36.4. The molecule has 0 aliphatic heterocycles. The van der Waals surface area contributed by atoms with Crippen molar-refractivity contribution in [1.82, 2.24) is 0 Å². The number of phosphoric ester groups is 1. The van der Waals surface area contributed by atoms with Gasteiger partial charge < -0.3 is 27.9 Å². The lowest BCUT2D eigenvalue weighted by atomic mass is 10.0. The lowest BCUT2D eigenvalue weighted by molar-refractivity contribution is -0.870. The first-order chi connectivity index (χ1) is 26.5. The molecule has 1 unspecified atom stereocenters. The molecule has 0 aliphatic carbocycles. The fraction of sp³-hybridized carbons (Fsp3) is 0.867. The number of esters is 2. The van der Waals surface area contributed by atoms with E-state index in [2.05, 4.69) is 38.2 Å². The molecule has 0 saturated carbocycles. The van der Waals surface area contributed by atoms with E-state index in [0.29, 0.717) is 17.4 Å². The number of rotatable bonds is 41. The number of carbonyl (C=O) groups excluding carboxylic acids is 2. The molecule has 0 aromatic rings. The van der Waals surface area contributed by atoms with Crippen molar-refractivity contribution in [1.29, 1.82) is 0 Å². The highest BCUT2D eigenvalue weighted by molar-refractivity contribution is 7.45. The predicted molar refractivity (Wildman–Crippen MR) is 227 cm³/mol. The third-order valence-corrected chi connectivity index (χ3v) is 10.7. The summed E-state index contributed by atoms with van der Waals surface area (Å²) in [6.07, 6.45) is 40.5. The van der Waals surface area contributed by atoms with Gasteiger partial charge in [-0.1, -0.05) is 167 Å². The van der Waals surface area contributed by atoms with Crippen LogP contribution in [-0.2, 0) is 32.7 Å². The van der Waals surface area contributed by atoms with E-state index in [-0.39, 0.29) is 32.0 Å². The summed E-state index contributed by atoms with van der Waals surface area (Å²) in [4.78, 5) is 37.5. The molecule has 0 N–H and O–H groups in total. The van der Waals surface area contributed by atoms with E-state index in [9.17, 15) is 19.0 Å². The Bertz CT molecular complexity index is 996. The first-order valence-electron chi connectivity index (χ1n) is 22.5. The van der Waals surface area contributed by atoms with Crippen LogP contribution < -0.4 is 4.89 Å². The summed E-state index contributed by atoms with van der Waals surface area (Å²) in [6.45, 7) is 4.21. The minimum absolute atomic E-state index is 0.0302. The molecule has 0 fully saturated rings. The summed E-state index contributed by atoms with van der Waals surface area (Å²) in [5, 5.41) is 0. The van der Waals surface area contributed by atoms with Crippen molar-refractivity contribution in [2.45, 2.75) is 206 Å². The Morgan fingerprint density at radius 1 is 0.564 bits per heavy atom. The Balaban J connectivity index is 4.33. The molecule has 55 heavy (non-hydrogen) atoms. The van der Waals surface area contributed by atoms with E-state index in [1.54, 1.807) is 0 Å². The number of nitrogens with zero attached hydrogens (tertiary/aromatic N) is 1. The zero-order valence-corrected chi connectivity index (χ0v) is 37.3. The number of carbonyl (C=O) groups is 2. The molecule has 0 bridgehead atoms. The molecule has 0 spiro atoms. The number of hydrogen-bond donors (Lipinski definition) is 0. The minimum Gasteiger partial charge on any atom is -0.756 e. The number of quaternary nitrogens is 1. The van der Waals surface area contributed by atoms with E-state index in [1.807, 2.05) is 21.1 Å². The van der Waals surface area contributed by atoms with Crippen molar-refractivity contribution < 1.29 is 42.1 Å². The molecule has 10 heteroatoms. The van der Waals surface area contributed by atoms with Crippen molar-refractivity contribution in [2.24, 2.45) is 0 Å². The topological polar surface area (TPSA) is 111 Å². The molecular weight excluding hydrogens is 713 g/mol. The van der Waals surface area contributed by atoms with E-state index >= 15 is 0 Å². The van der Waals surface area contributed by atoms with Gasteiger partial charge in [0, 0.05) is 12.8 Å². The predicted octanol–water partition coefficient (Wildman–Crippen LogP) is 12.1. The van der Waals surface area contributed by atoms with Crippen molar-refractivity contribution in [2.75, 3.05) is 47.5 Å². The largest absolute Gasteiger partial charge is 0.756 e. The summed E-state index contributed by atoms with van der Waals surface area (Å²) in [7, 11) is 1.17. The number of likely N-dealkylation sites (N-methyl/N-ethyl adjacent to an activating group) is 1. The van der Waals surface area contributed by atoms with Gasteiger partial charge in [0.25, 0.3) is 7.82 Å². The van der Waals surface area contributed by atoms with Gasteiger partial charge in [-0.25, -0.2) is 0 Å². The van der Waals surface area contributed by atoms with Crippen LogP contribution in [0.2, 0.25) is 0 Å². The Labute approximate surface area is 339 Å². The number of phosphoric acid groups is 1. The lowest BCUT2D eigenvalue weighted by Crippen LogP contribution is -2.37. The first-order valence-corrected chi connectivity index (χ1v) is 24.0. The van der Waals surface area contributed by atoms with Crippen molar-refractivity contribution >= 4 is 19.8 Å². The molecule has 0 rings (SSSR count). The average Bonchev–Trinajstić information content (AvgIpc) is 3.13. The Hall–Kier alpha value is -1.51. The second kappa shape index (κ2) is 38.0. The second-order valence-corrected chi connectivity index (χ2v) is 17.8. The first kappa shape index (κ1) is 53.5. The molecule has 0 radical (unpaired) electrons. The highest BCUT2D eigenvalue weighted by Crippen LogP contribution is 2.38. The summed E-state index contributed by atoms with van der Waals surface area (Å²) < 4.78 is 33.9. The van der Waals surface area contributed by atoms with Crippen molar-refractivity contribution in [3.63, 3.8) is 0 Å². The van der Waals surface area contributed by atoms with Gasteiger partial charge in [0.1, 0.15) is 19.8 Å². The van der Waals surface area contributed by atoms with Crippen molar-refractivity contribution in [3.05, 3.63) is 24.3 Å². The fourth-order valence-electron chi connectivity index (χ4n) is 6.16. The molecule has 0 amide bonds. The van der Waals surface area contributed by atoms with Crippen LogP contribution in [0.15, 0.2) is 24.3 Å². The maximum atomic E-state index is 12.7. The van der Waals surface area contributed by atoms with Crippen LogP contribution in [0.1, 0.15) is 200 Å². The molecule has 0 aliphatic rings. The lowest BCUT2D eigenvalue weighted by Gasteiger charge is -2.28. The maximum Gasteiger partial charge on any atom is 0.306 e. The second-order valence-electron chi connectivity index (χ2n) is 16.4. The van der Waals surface area contributed by atoms with Crippen LogP contribution in [-0.4, -0.2) is 70.0 Å². The SMILES string of the molecule is CCCCC/C=C\C/C=C\CCCCCCCCCC(=O)OC[C@H](COP(=O)([O-])OCC[N+](C)(C)C)OC(=O)CCCCCCCCCCCCCCCC. The summed E-state index contributed by atoms with van der Waals surface area (Å²) in [5.41, 5.74) is 0. The Kier molecular flexibility index (Phi) is 37.0. The Morgan fingerprint density at radius 3 is 1.47 bits per heavy atom. The van der Waals surface area contributed by atoms with E-state index in [4.69, 9.17) is 18.5 Å². The van der Waals surface area contributed by atoms with Gasteiger partial charge >= 0.3 is 11.9 Å². The average molecular weight is 800 g/mol.